The molecular formula is C12H13NO2S. The van der Waals surface area contributed by atoms with Gasteiger partial charge in [-0.05, 0) is 12.1 Å². The highest BCUT2D eigenvalue weighted by Crippen LogP contribution is 2.26. The standard InChI is InChI=1S/C12H13NO2S/c14-7-9(15)8-16-12-5-6-13-11-4-2-1-3-10(11)12/h1-6,9,14-15H,7-8H2. The second-order valence-electron chi connectivity index (χ2n) is 3.47. The number of benzene rings is 1. The van der Waals surface area contributed by atoms with Gasteiger partial charge in [-0.1, -0.05) is 18.2 Å². The fourth-order valence-corrected chi connectivity index (χ4v) is 2.40. The molecule has 0 radical (unpaired) electrons. The Morgan fingerprint density at radius 2 is 2.06 bits per heavy atom. The summed E-state index contributed by atoms with van der Waals surface area (Å²) in [6.07, 6.45) is 1.09. The number of aliphatic hydroxyl groups excluding tert-OH is 2. The molecule has 0 aliphatic heterocycles. The van der Waals surface area contributed by atoms with Crippen LogP contribution in [0, 0.1) is 0 Å². The van der Waals surface area contributed by atoms with Crippen LogP contribution in [0.3, 0.4) is 0 Å². The molecule has 3 nitrogen and oxygen atoms in total. The van der Waals surface area contributed by atoms with Gasteiger partial charge in [0.25, 0.3) is 0 Å². The van der Waals surface area contributed by atoms with Crippen molar-refractivity contribution in [3.63, 3.8) is 0 Å². The fraction of sp³-hybridized carbons (Fsp3) is 0.250. The van der Waals surface area contributed by atoms with Gasteiger partial charge in [0.05, 0.1) is 18.2 Å². The molecule has 2 aromatic rings. The van der Waals surface area contributed by atoms with E-state index >= 15 is 0 Å². The van der Waals surface area contributed by atoms with Crippen LogP contribution < -0.4 is 0 Å². The van der Waals surface area contributed by atoms with Gasteiger partial charge < -0.3 is 10.2 Å². The molecule has 0 fully saturated rings. The largest absolute Gasteiger partial charge is 0.394 e. The average Bonchev–Trinajstić information content (AvgIpc) is 2.35. The molecule has 2 rings (SSSR count). The summed E-state index contributed by atoms with van der Waals surface area (Å²) in [5.74, 6) is 0.491. The smallest absolute Gasteiger partial charge is 0.0864 e. The summed E-state index contributed by atoms with van der Waals surface area (Å²) < 4.78 is 0. The van der Waals surface area contributed by atoms with Crippen molar-refractivity contribution in [2.75, 3.05) is 12.4 Å². The lowest BCUT2D eigenvalue weighted by molar-refractivity contribution is 0.113. The SMILES string of the molecule is OCC(O)CSc1ccnc2ccccc12. The summed E-state index contributed by atoms with van der Waals surface area (Å²) in [5.41, 5.74) is 0.950. The third-order valence-corrected chi connectivity index (χ3v) is 3.47. The summed E-state index contributed by atoms with van der Waals surface area (Å²) in [5, 5.41) is 19.1. The fourth-order valence-electron chi connectivity index (χ4n) is 1.43. The maximum atomic E-state index is 9.30. The molecule has 0 saturated heterocycles. The normalized spacial score (nSPS) is 12.9. The molecule has 16 heavy (non-hydrogen) atoms. The number of aliphatic hydroxyl groups is 2. The predicted octanol–water partition coefficient (Wildman–Crippen LogP) is 1.68. The van der Waals surface area contributed by atoms with Gasteiger partial charge in [0, 0.05) is 22.2 Å². The number of para-hydroxylation sites is 1. The van der Waals surface area contributed by atoms with E-state index in [4.69, 9.17) is 5.11 Å². The molecule has 1 aromatic heterocycles. The van der Waals surface area contributed by atoms with Crippen LogP contribution >= 0.6 is 11.8 Å². The topological polar surface area (TPSA) is 53.4 Å². The highest BCUT2D eigenvalue weighted by atomic mass is 32.2. The van der Waals surface area contributed by atoms with Crippen molar-refractivity contribution >= 4 is 22.7 Å². The van der Waals surface area contributed by atoms with E-state index in [-0.39, 0.29) is 6.61 Å². The van der Waals surface area contributed by atoms with Crippen molar-refractivity contribution in [3.05, 3.63) is 36.5 Å². The number of nitrogens with zero attached hydrogens (tertiary/aromatic N) is 1. The van der Waals surface area contributed by atoms with Crippen molar-refractivity contribution in [3.8, 4) is 0 Å². The maximum absolute atomic E-state index is 9.30. The molecule has 0 spiro atoms. The Morgan fingerprint density at radius 1 is 1.25 bits per heavy atom. The van der Waals surface area contributed by atoms with Crippen molar-refractivity contribution in [2.45, 2.75) is 11.0 Å². The van der Waals surface area contributed by atoms with Gasteiger partial charge >= 0.3 is 0 Å². The van der Waals surface area contributed by atoms with Crippen molar-refractivity contribution < 1.29 is 10.2 Å². The number of hydrogen-bond donors (Lipinski definition) is 2. The van der Waals surface area contributed by atoms with E-state index in [1.807, 2.05) is 30.3 Å². The summed E-state index contributed by atoms with van der Waals surface area (Å²) >= 11 is 1.53. The molecule has 1 unspecified atom stereocenters. The summed E-state index contributed by atoms with van der Waals surface area (Å²) in [7, 11) is 0. The molecule has 1 atom stereocenters. The van der Waals surface area contributed by atoms with Crippen LogP contribution in [-0.4, -0.2) is 33.7 Å². The average molecular weight is 235 g/mol. The zero-order chi connectivity index (χ0) is 11.4. The van der Waals surface area contributed by atoms with Gasteiger partial charge in [0.15, 0.2) is 0 Å². The van der Waals surface area contributed by atoms with E-state index in [2.05, 4.69) is 4.98 Å². The highest BCUT2D eigenvalue weighted by Gasteiger charge is 2.06. The van der Waals surface area contributed by atoms with Gasteiger partial charge in [-0.2, -0.15) is 0 Å². The Kier molecular flexibility index (Phi) is 3.77. The van der Waals surface area contributed by atoms with Crippen LogP contribution in [0.1, 0.15) is 0 Å². The van der Waals surface area contributed by atoms with Crippen molar-refractivity contribution in [1.82, 2.24) is 4.98 Å². The van der Waals surface area contributed by atoms with E-state index in [1.165, 1.54) is 11.8 Å². The number of aromatic nitrogens is 1. The molecule has 1 aromatic carbocycles. The number of rotatable bonds is 4. The summed E-state index contributed by atoms with van der Waals surface area (Å²) in [6, 6.07) is 9.82. The molecule has 2 N–H and O–H groups in total. The molecule has 4 heteroatoms. The van der Waals surface area contributed by atoms with E-state index in [0.717, 1.165) is 15.8 Å². The first-order valence-electron chi connectivity index (χ1n) is 5.06. The molecule has 0 saturated carbocycles. The first-order chi connectivity index (χ1) is 7.81. The van der Waals surface area contributed by atoms with Gasteiger partial charge in [0.1, 0.15) is 0 Å². The van der Waals surface area contributed by atoms with Crippen LogP contribution in [0.15, 0.2) is 41.4 Å². The van der Waals surface area contributed by atoms with E-state index in [9.17, 15) is 5.11 Å². The van der Waals surface area contributed by atoms with Crippen molar-refractivity contribution in [2.24, 2.45) is 0 Å². The van der Waals surface area contributed by atoms with Crippen LogP contribution in [0.25, 0.3) is 10.9 Å². The second kappa shape index (κ2) is 5.30. The Labute approximate surface area is 98.1 Å². The lowest BCUT2D eigenvalue weighted by Gasteiger charge is -2.08. The minimum absolute atomic E-state index is 0.198. The molecule has 0 amide bonds. The Morgan fingerprint density at radius 3 is 2.88 bits per heavy atom. The quantitative estimate of drug-likeness (QED) is 0.792. The lowest BCUT2D eigenvalue weighted by atomic mass is 10.2. The molecule has 84 valence electrons. The molecular weight excluding hydrogens is 222 g/mol. The number of fused-ring (bicyclic) bond motifs is 1. The molecule has 0 bridgehead atoms. The van der Waals surface area contributed by atoms with E-state index in [0.29, 0.717) is 5.75 Å². The van der Waals surface area contributed by atoms with Crippen LogP contribution in [0.4, 0.5) is 0 Å². The van der Waals surface area contributed by atoms with E-state index < -0.39 is 6.10 Å². The minimum Gasteiger partial charge on any atom is -0.394 e. The lowest BCUT2D eigenvalue weighted by Crippen LogP contribution is -2.14. The highest BCUT2D eigenvalue weighted by molar-refractivity contribution is 7.99. The monoisotopic (exact) mass is 235 g/mol. The Hall–Kier alpha value is -1.10. The van der Waals surface area contributed by atoms with Gasteiger partial charge in [-0.25, -0.2) is 0 Å². The predicted molar refractivity (Wildman–Crippen MR) is 65.6 cm³/mol. The minimum atomic E-state index is -0.670. The van der Waals surface area contributed by atoms with Crippen molar-refractivity contribution in [1.29, 1.82) is 0 Å². The number of hydrogen-bond acceptors (Lipinski definition) is 4. The number of pyridine rings is 1. The van der Waals surface area contributed by atoms with Gasteiger partial charge in [-0.3, -0.25) is 4.98 Å². The van der Waals surface area contributed by atoms with Crippen LogP contribution in [0.5, 0.6) is 0 Å². The third-order valence-electron chi connectivity index (χ3n) is 2.25. The van der Waals surface area contributed by atoms with Crippen LogP contribution in [-0.2, 0) is 0 Å². The molecule has 1 heterocycles. The summed E-state index contributed by atoms with van der Waals surface area (Å²) in [4.78, 5) is 5.35. The first kappa shape index (κ1) is 11.4. The van der Waals surface area contributed by atoms with Crippen LogP contribution in [0.2, 0.25) is 0 Å². The summed E-state index contributed by atoms with van der Waals surface area (Å²) in [6.45, 7) is -0.198. The second-order valence-corrected chi connectivity index (χ2v) is 4.54. The van der Waals surface area contributed by atoms with Gasteiger partial charge in [-0.15, -0.1) is 11.8 Å². The molecule has 0 aliphatic rings. The van der Waals surface area contributed by atoms with Gasteiger partial charge in [0.2, 0.25) is 0 Å². The maximum Gasteiger partial charge on any atom is 0.0864 e. The zero-order valence-electron chi connectivity index (χ0n) is 8.71. The number of thioether (sulfide) groups is 1. The zero-order valence-corrected chi connectivity index (χ0v) is 9.52. The molecule has 0 aliphatic carbocycles. The first-order valence-corrected chi connectivity index (χ1v) is 6.05. The Balaban J connectivity index is 2.23. The Bertz CT molecular complexity index is 470. The van der Waals surface area contributed by atoms with E-state index in [1.54, 1.807) is 6.20 Å². The third kappa shape index (κ3) is 2.52.